The van der Waals surface area contributed by atoms with E-state index in [0.29, 0.717) is 11.4 Å². The van der Waals surface area contributed by atoms with Crippen LogP contribution in [0.1, 0.15) is 30.1 Å². The Kier molecular flexibility index (Phi) is 3.26. The highest BCUT2D eigenvalue weighted by molar-refractivity contribution is 5.96. The van der Waals surface area contributed by atoms with Crippen molar-refractivity contribution in [3.05, 3.63) is 30.1 Å². The molecule has 1 N–H and O–H groups in total. The predicted molar refractivity (Wildman–Crippen MR) is 77.1 cm³/mol. The lowest BCUT2D eigenvalue weighted by Gasteiger charge is -2.32. The first-order chi connectivity index (χ1) is 9.65. The quantitative estimate of drug-likeness (QED) is 0.909. The summed E-state index contributed by atoms with van der Waals surface area (Å²) in [6.45, 7) is 4.24. The van der Waals surface area contributed by atoms with Gasteiger partial charge in [0.25, 0.3) is 0 Å². The summed E-state index contributed by atoms with van der Waals surface area (Å²) in [5.41, 5.74) is 0.947. The largest absolute Gasteiger partial charge is 0.478 e. The molecule has 0 spiro atoms. The average Bonchev–Trinajstić information content (AvgIpc) is 2.46. The Morgan fingerprint density at radius 2 is 2.25 bits per heavy atom. The van der Waals surface area contributed by atoms with Crippen molar-refractivity contribution in [3.63, 3.8) is 0 Å². The smallest absolute Gasteiger partial charge is 0.335 e. The molecule has 1 aromatic heterocycles. The topological polar surface area (TPSA) is 66.3 Å². The molecule has 0 amide bonds. The molecule has 0 bridgehead atoms. The van der Waals surface area contributed by atoms with E-state index in [1.807, 2.05) is 6.07 Å². The number of hydrogen-bond donors (Lipinski definition) is 1. The first-order valence-electron chi connectivity index (χ1n) is 6.88. The minimum atomic E-state index is -0.932. The Bertz CT molecular complexity index is 657. The lowest BCUT2D eigenvalue weighted by Crippen LogP contribution is -2.35. The Labute approximate surface area is 117 Å². The minimum absolute atomic E-state index is 0.258. The molecule has 1 unspecified atom stereocenters. The highest BCUT2D eigenvalue weighted by atomic mass is 16.4. The Balaban J connectivity index is 2.05. The number of carboxylic acid groups (broad SMARTS) is 1. The fourth-order valence-electron chi connectivity index (χ4n) is 2.81. The molecule has 104 valence electrons. The normalized spacial score (nSPS) is 19.2. The Hall–Kier alpha value is -2.17. The summed E-state index contributed by atoms with van der Waals surface area (Å²) >= 11 is 0. The SMILES string of the molecule is CC1CCCN(c2ncnc3cc(C(=O)O)ccc23)C1. The molecule has 0 saturated carbocycles. The number of benzene rings is 1. The van der Waals surface area contributed by atoms with Gasteiger partial charge in [0.05, 0.1) is 11.1 Å². The van der Waals surface area contributed by atoms with E-state index in [9.17, 15) is 4.79 Å². The van der Waals surface area contributed by atoms with Crippen molar-refractivity contribution >= 4 is 22.7 Å². The third kappa shape index (κ3) is 2.31. The molecule has 1 aromatic carbocycles. The first-order valence-corrected chi connectivity index (χ1v) is 6.88. The van der Waals surface area contributed by atoms with Crippen molar-refractivity contribution in [3.8, 4) is 0 Å². The van der Waals surface area contributed by atoms with Gasteiger partial charge in [0.1, 0.15) is 12.1 Å². The van der Waals surface area contributed by atoms with Gasteiger partial charge in [-0.05, 0) is 37.0 Å². The summed E-state index contributed by atoms with van der Waals surface area (Å²) < 4.78 is 0. The summed E-state index contributed by atoms with van der Waals surface area (Å²) in [5, 5.41) is 9.97. The summed E-state index contributed by atoms with van der Waals surface area (Å²) in [5.74, 6) is 0.643. The lowest BCUT2D eigenvalue weighted by atomic mass is 10.00. The fourth-order valence-corrected chi connectivity index (χ4v) is 2.81. The van der Waals surface area contributed by atoms with E-state index in [-0.39, 0.29) is 5.56 Å². The first kappa shape index (κ1) is 12.8. The number of piperidine rings is 1. The van der Waals surface area contributed by atoms with E-state index in [1.165, 1.54) is 19.2 Å². The number of aromatic nitrogens is 2. The number of aromatic carboxylic acids is 1. The van der Waals surface area contributed by atoms with Crippen LogP contribution >= 0.6 is 0 Å². The summed E-state index contributed by atoms with van der Waals surface area (Å²) in [6, 6.07) is 5.04. The minimum Gasteiger partial charge on any atom is -0.478 e. The van der Waals surface area contributed by atoms with Gasteiger partial charge >= 0.3 is 5.97 Å². The third-order valence-electron chi connectivity index (χ3n) is 3.82. The second kappa shape index (κ2) is 5.07. The second-order valence-electron chi connectivity index (χ2n) is 5.43. The van der Waals surface area contributed by atoms with Crippen LogP contribution in [0.3, 0.4) is 0 Å². The molecule has 2 heterocycles. The number of carbonyl (C=O) groups is 1. The number of anilines is 1. The van der Waals surface area contributed by atoms with E-state index in [1.54, 1.807) is 12.1 Å². The van der Waals surface area contributed by atoms with Gasteiger partial charge in [-0.1, -0.05) is 6.92 Å². The van der Waals surface area contributed by atoms with Crippen LogP contribution in [0, 0.1) is 5.92 Å². The van der Waals surface area contributed by atoms with E-state index >= 15 is 0 Å². The van der Waals surface area contributed by atoms with Crippen LogP contribution in [0.2, 0.25) is 0 Å². The number of hydrogen-bond acceptors (Lipinski definition) is 4. The maximum Gasteiger partial charge on any atom is 0.335 e. The van der Waals surface area contributed by atoms with Crippen LogP contribution in [0.25, 0.3) is 10.9 Å². The molecule has 1 saturated heterocycles. The molecule has 5 heteroatoms. The molecule has 1 aliphatic rings. The van der Waals surface area contributed by atoms with E-state index in [0.717, 1.165) is 24.3 Å². The van der Waals surface area contributed by atoms with Gasteiger partial charge in [-0.3, -0.25) is 0 Å². The Morgan fingerprint density at radius 1 is 1.40 bits per heavy atom. The molecule has 0 radical (unpaired) electrons. The number of carboxylic acids is 1. The van der Waals surface area contributed by atoms with Gasteiger partial charge in [-0.2, -0.15) is 0 Å². The van der Waals surface area contributed by atoms with Gasteiger partial charge in [0.15, 0.2) is 0 Å². The molecule has 0 aliphatic carbocycles. The summed E-state index contributed by atoms with van der Waals surface area (Å²) in [6.07, 6.45) is 3.94. The third-order valence-corrected chi connectivity index (χ3v) is 3.82. The van der Waals surface area contributed by atoms with Crippen LogP contribution < -0.4 is 4.90 Å². The monoisotopic (exact) mass is 271 g/mol. The average molecular weight is 271 g/mol. The van der Waals surface area contributed by atoms with Gasteiger partial charge in [-0.15, -0.1) is 0 Å². The van der Waals surface area contributed by atoms with Crippen molar-refractivity contribution in [1.82, 2.24) is 9.97 Å². The molecular weight excluding hydrogens is 254 g/mol. The van der Waals surface area contributed by atoms with Gasteiger partial charge in [0, 0.05) is 18.5 Å². The van der Waals surface area contributed by atoms with E-state index in [4.69, 9.17) is 5.11 Å². The predicted octanol–water partition coefficient (Wildman–Crippen LogP) is 2.56. The maximum atomic E-state index is 11.0. The van der Waals surface area contributed by atoms with E-state index < -0.39 is 5.97 Å². The molecular formula is C15H17N3O2. The van der Waals surface area contributed by atoms with Gasteiger partial charge in [-0.25, -0.2) is 14.8 Å². The number of fused-ring (bicyclic) bond motifs is 1. The Morgan fingerprint density at radius 3 is 3.00 bits per heavy atom. The summed E-state index contributed by atoms with van der Waals surface area (Å²) in [4.78, 5) is 21.9. The molecule has 1 aliphatic heterocycles. The zero-order valence-corrected chi connectivity index (χ0v) is 11.4. The van der Waals surface area contributed by atoms with Gasteiger partial charge in [0.2, 0.25) is 0 Å². The van der Waals surface area contributed by atoms with Crippen LogP contribution in [0.4, 0.5) is 5.82 Å². The molecule has 1 fully saturated rings. The van der Waals surface area contributed by atoms with Crippen molar-refractivity contribution in [2.75, 3.05) is 18.0 Å². The highest BCUT2D eigenvalue weighted by Gasteiger charge is 2.19. The maximum absolute atomic E-state index is 11.0. The van der Waals surface area contributed by atoms with Crippen LogP contribution in [0.5, 0.6) is 0 Å². The number of rotatable bonds is 2. The van der Waals surface area contributed by atoms with Crippen molar-refractivity contribution in [1.29, 1.82) is 0 Å². The molecule has 5 nitrogen and oxygen atoms in total. The fraction of sp³-hybridized carbons (Fsp3) is 0.400. The zero-order valence-electron chi connectivity index (χ0n) is 11.4. The highest BCUT2D eigenvalue weighted by Crippen LogP contribution is 2.27. The standard InChI is InChI=1S/C15H17N3O2/c1-10-3-2-6-18(8-10)14-12-5-4-11(15(19)20)7-13(12)16-9-17-14/h4-5,7,9-10H,2-3,6,8H2,1H3,(H,19,20). The van der Waals surface area contributed by atoms with Crippen LogP contribution in [0.15, 0.2) is 24.5 Å². The van der Waals surface area contributed by atoms with Crippen molar-refractivity contribution in [2.45, 2.75) is 19.8 Å². The summed E-state index contributed by atoms with van der Waals surface area (Å²) in [7, 11) is 0. The zero-order chi connectivity index (χ0) is 14.1. The van der Waals surface area contributed by atoms with Crippen LogP contribution in [-0.4, -0.2) is 34.1 Å². The second-order valence-corrected chi connectivity index (χ2v) is 5.43. The lowest BCUT2D eigenvalue weighted by molar-refractivity contribution is 0.0697. The van der Waals surface area contributed by atoms with Crippen molar-refractivity contribution in [2.24, 2.45) is 5.92 Å². The van der Waals surface area contributed by atoms with Gasteiger partial charge < -0.3 is 10.0 Å². The molecule has 3 rings (SSSR count). The molecule has 1 atom stereocenters. The molecule has 2 aromatic rings. The van der Waals surface area contributed by atoms with Crippen molar-refractivity contribution < 1.29 is 9.90 Å². The van der Waals surface area contributed by atoms with E-state index in [2.05, 4.69) is 21.8 Å². The number of nitrogens with zero attached hydrogens (tertiary/aromatic N) is 3. The van der Waals surface area contributed by atoms with Crippen LogP contribution in [-0.2, 0) is 0 Å². The molecule has 20 heavy (non-hydrogen) atoms.